The Balaban J connectivity index is 2.85. The highest BCUT2D eigenvalue weighted by atomic mass is 79.9. The molecule has 2 nitrogen and oxygen atoms in total. The Morgan fingerprint density at radius 1 is 1.41 bits per heavy atom. The Morgan fingerprint density at radius 2 is 1.94 bits per heavy atom. The number of rotatable bonds is 4. The predicted octanol–water partition coefficient (Wildman–Crippen LogP) is 4.47. The van der Waals surface area contributed by atoms with E-state index in [1.165, 1.54) is 0 Å². The normalized spacial score (nSPS) is 12.3. The van der Waals surface area contributed by atoms with Crippen molar-refractivity contribution < 1.29 is 9.53 Å². The molecule has 0 aliphatic heterocycles. The summed E-state index contributed by atoms with van der Waals surface area (Å²) in [6.45, 7) is 2.02. The van der Waals surface area contributed by atoms with Gasteiger partial charge in [-0.3, -0.25) is 4.79 Å². The van der Waals surface area contributed by atoms with Gasteiger partial charge in [-0.2, -0.15) is 0 Å². The lowest BCUT2D eigenvalue weighted by atomic mass is 10.1. The molecule has 6 heteroatoms. The second kappa shape index (κ2) is 6.83. The van der Waals surface area contributed by atoms with E-state index in [0.717, 1.165) is 4.47 Å². The molecule has 1 unspecified atom stereocenters. The second-order valence-electron chi connectivity index (χ2n) is 3.27. The maximum Gasteiger partial charge on any atom is 0.324 e. The smallest absolute Gasteiger partial charge is 0.324 e. The summed E-state index contributed by atoms with van der Waals surface area (Å²) in [5, 5.41) is 0.157. The van der Waals surface area contributed by atoms with E-state index in [4.69, 9.17) is 39.5 Å². The number of ether oxygens (including phenoxy) is 1. The van der Waals surface area contributed by atoms with Crippen LogP contribution in [0.3, 0.4) is 0 Å². The van der Waals surface area contributed by atoms with Crippen molar-refractivity contribution in [1.29, 1.82) is 0 Å². The minimum atomic E-state index is -0.786. The predicted molar refractivity (Wildman–Crippen MR) is 74.1 cm³/mol. The first-order valence-corrected chi connectivity index (χ1v) is 6.88. The van der Waals surface area contributed by atoms with E-state index in [2.05, 4.69) is 15.9 Å². The van der Waals surface area contributed by atoms with Crippen molar-refractivity contribution in [3.05, 3.63) is 32.2 Å². The Hall–Kier alpha value is 0.0400. The fourth-order valence-corrected chi connectivity index (χ4v) is 2.84. The number of alkyl halides is 1. The molecular weight excluding hydrogens is 350 g/mol. The maximum absolute atomic E-state index is 11.4. The zero-order valence-corrected chi connectivity index (χ0v) is 12.8. The van der Waals surface area contributed by atoms with Gasteiger partial charge in [-0.15, -0.1) is 11.6 Å². The van der Waals surface area contributed by atoms with Gasteiger partial charge in [0.15, 0.2) is 0 Å². The van der Waals surface area contributed by atoms with Gasteiger partial charge in [0.05, 0.1) is 6.61 Å². The third kappa shape index (κ3) is 4.32. The molecule has 17 heavy (non-hydrogen) atoms. The van der Waals surface area contributed by atoms with Gasteiger partial charge in [0.25, 0.3) is 0 Å². The van der Waals surface area contributed by atoms with Crippen LogP contribution in [0.4, 0.5) is 0 Å². The molecule has 1 atom stereocenters. The summed E-state index contributed by atoms with van der Waals surface area (Å²) < 4.78 is 5.59. The van der Waals surface area contributed by atoms with E-state index in [1.807, 2.05) is 0 Å². The Kier molecular flexibility index (Phi) is 6.07. The van der Waals surface area contributed by atoms with E-state index >= 15 is 0 Å². The third-order valence-electron chi connectivity index (χ3n) is 2.03. The summed E-state index contributed by atoms with van der Waals surface area (Å²) in [6.07, 6.45) is 0.241. The van der Waals surface area contributed by atoms with Crippen molar-refractivity contribution in [3.8, 4) is 0 Å². The van der Waals surface area contributed by atoms with E-state index in [1.54, 1.807) is 19.1 Å². The maximum atomic E-state index is 11.4. The van der Waals surface area contributed by atoms with Crippen LogP contribution in [0.1, 0.15) is 12.5 Å². The number of carbonyl (C=O) groups is 1. The molecule has 0 aliphatic carbocycles. The van der Waals surface area contributed by atoms with Crippen LogP contribution in [0.25, 0.3) is 0 Å². The Labute approximate surface area is 123 Å². The summed E-state index contributed by atoms with van der Waals surface area (Å²) in [6, 6.07) is 3.41. The first-order chi connectivity index (χ1) is 7.95. The summed E-state index contributed by atoms with van der Waals surface area (Å²) in [7, 11) is 0. The van der Waals surface area contributed by atoms with Gasteiger partial charge < -0.3 is 4.74 Å². The Morgan fingerprint density at radius 3 is 2.41 bits per heavy atom. The molecule has 0 radical (unpaired) electrons. The van der Waals surface area contributed by atoms with Crippen LogP contribution < -0.4 is 0 Å². The van der Waals surface area contributed by atoms with Crippen molar-refractivity contribution in [3.63, 3.8) is 0 Å². The molecule has 0 heterocycles. The summed E-state index contributed by atoms with van der Waals surface area (Å²) >= 11 is 21.3. The van der Waals surface area contributed by atoms with Crippen LogP contribution in [-0.4, -0.2) is 18.0 Å². The van der Waals surface area contributed by atoms with Gasteiger partial charge in [-0.25, -0.2) is 0 Å². The molecule has 0 spiro atoms. The molecule has 0 saturated heterocycles. The van der Waals surface area contributed by atoms with Crippen LogP contribution in [0.5, 0.6) is 0 Å². The highest BCUT2D eigenvalue weighted by molar-refractivity contribution is 9.10. The van der Waals surface area contributed by atoms with Gasteiger partial charge in [0.2, 0.25) is 0 Å². The average Bonchev–Trinajstić information content (AvgIpc) is 2.23. The average molecular weight is 360 g/mol. The van der Waals surface area contributed by atoms with Crippen LogP contribution in [-0.2, 0) is 16.0 Å². The molecule has 1 aromatic carbocycles. The number of hydrogen-bond donors (Lipinski definition) is 0. The summed E-state index contributed by atoms with van der Waals surface area (Å²) in [5.41, 5.74) is 0.643. The lowest BCUT2D eigenvalue weighted by Gasteiger charge is -2.11. The van der Waals surface area contributed by atoms with Crippen LogP contribution in [0.15, 0.2) is 16.6 Å². The standard InChI is InChI=1S/C11H10BrCl3O2/c1-2-17-11(16)10(15)5-7-8(13)3-6(12)4-9(7)14/h3-4,10H,2,5H2,1H3. The molecule has 0 amide bonds. The van der Waals surface area contributed by atoms with Gasteiger partial charge in [-0.05, 0) is 24.6 Å². The minimum absolute atomic E-state index is 0.241. The molecule has 94 valence electrons. The highest BCUT2D eigenvalue weighted by Gasteiger charge is 2.20. The van der Waals surface area contributed by atoms with Gasteiger partial charge in [0.1, 0.15) is 5.38 Å². The number of hydrogen-bond acceptors (Lipinski definition) is 2. The van der Waals surface area contributed by atoms with Crippen molar-refractivity contribution in [1.82, 2.24) is 0 Å². The molecular formula is C11H10BrCl3O2. The highest BCUT2D eigenvalue weighted by Crippen LogP contribution is 2.31. The molecule has 0 saturated carbocycles. The van der Waals surface area contributed by atoms with E-state index < -0.39 is 11.3 Å². The van der Waals surface area contributed by atoms with Crippen molar-refractivity contribution >= 4 is 56.7 Å². The SMILES string of the molecule is CCOC(=O)C(Cl)Cc1c(Cl)cc(Br)cc1Cl. The minimum Gasteiger partial charge on any atom is -0.465 e. The molecule has 0 aromatic heterocycles. The molecule has 0 fully saturated rings. The fourth-order valence-electron chi connectivity index (χ4n) is 1.26. The molecule has 1 rings (SSSR count). The third-order valence-corrected chi connectivity index (χ3v) is 3.50. The fraction of sp³-hybridized carbons (Fsp3) is 0.364. The number of carbonyl (C=O) groups excluding carboxylic acids is 1. The zero-order valence-electron chi connectivity index (χ0n) is 8.97. The van der Waals surface area contributed by atoms with E-state index in [-0.39, 0.29) is 6.42 Å². The summed E-state index contributed by atoms with van der Waals surface area (Å²) in [5.74, 6) is -0.468. The van der Waals surface area contributed by atoms with Gasteiger partial charge in [0, 0.05) is 20.9 Å². The Bertz CT molecular complexity index is 400. The first kappa shape index (κ1) is 15.1. The quantitative estimate of drug-likeness (QED) is 0.585. The van der Waals surface area contributed by atoms with Crippen molar-refractivity contribution in [2.45, 2.75) is 18.7 Å². The van der Waals surface area contributed by atoms with Crippen molar-refractivity contribution in [2.24, 2.45) is 0 Å². The van der Waals surface area contributed by atoms with E-state index in [9.17, 15) is 4.79 Å². The number of benzene rings is 1. The molecule has 0 aliphatic rings. The van der Waals surface area contributed by atoms with Crippen LogP contribution in [0, 0.1) is 0 Å². The second-order valence-corrected chi connectivity index (χ2v) is 5.53. The first-order valence-electron chi connectivity index (χ1n) is 4.89. The zero-order chi connectivity index (χ0) is 13.0. The molecule has 0 N–H and O–H groups in total. The largest absolute Gasteiger partial charge is 0.465 e. The lowest BCUT2D eigenvalue weighted by molar-refractivity contribution is -0.142. The number of esters is 1. The molecule has 0 bridgehead atoms. The lowest BCUT2D eigenvalue weighted by Crippen LogP contribution is -2.20. The molecule has 1 aromatic rings. The van der Waals surface area contributed by atoms with Crippen molar-refractivity contribution in [2.75, 3.05) is 6.61 Å². The monoisotopic (exact) mass is 358 g/mol. The number of halogens is 4. The van der Waals surface area contributed by atoms with Crippen LogP contribution >= 0.6 is 50.7 Å². The van der Waals surface area contributed by atoms with Gasteiger partial charge >= 0.3 is 5.97 Å². The van der Waals surface area contributed by atoms with E-state index in [0.29, 0.717) is 22.2 Å². The van der Waals surface area contributed by atoms with Crippen LogP contribution in [0.2, 0.25) is 10.0 Å². The summed E-state index contributed by atoms with van der Waals surface area (Å²) in [4.78, 5) is 11.4. The van der Waals surface area contributed by atoms with Gasteiger partial charge in [-0.1, -0.05) is 39.1 Å². The topological polar surface area (TPSA) is 26.3 Å².